The van der Waals surface area contributed by atoms with Crippen molar-refractivity contribution in [3.8, 4) is 11.5 Å². The highest BCUT2D eigenvalue weighted by Gasteiger charge is 2.18. The van der Waals surface area contributed by atoms with E-state index in [1.807, 2.05) is 0 Å². The Kier molecular flexibility index (Phi) is 7.18. The van der Waals surface area contributed by atoms with Crippen LogP contribution in [0.4, 0.5) is 4.39 Å². The number of likely N-dealkylation sites (N-methyl/N-ethyl adjacent to an activating group) is 1. The fourth-order valence-corrected chi connectivity index (χ4v) is 2.81. The second kappa shape index (κ2) is 9.36. The van der Waals surface area contributed by atoms with Crippen LogP contribution in [0.5, 0.6) is 11.5 Å². The van der Waals surface area contributed by atoms with Crippen molar-refractivity contribution < 1.29 is 28.2 Å². The van der Waals surface area contributed by atoms with E-state index in [2.05, 4.69) is 15.9 Å². The van der Waals surface area contributed by atoms with Crippen molar-refractivity contribution >= 4 is 27.8 Å². The molecule has 0 heterocycles. The molecule has 2 rings (SSSR count). The number of halogens is 2. The van der Waals surface area contributed by atoms with E-state index in [1.165, 1.54) is 43.4 Å². The molecular weight excluding hydrogens is 421 g/mol. The number of methoxy groups -OCH3 is 2. The number of amides is 1. The standard InChI is InChI=1S/C19H19BrFNO5/c1-22(10-12-4-6-14(21)7-5-12)17(23)11-27-19(24)13-8-15(25-2)18(20)16(9-13)26-3/h4-9H,10-11H2,1-3H3. The average molecular weight is 440 g/mol. The summed E-state index contributed by atoms with van der Waals surface area (Å²) in [5.74, 6) is -0.601. The van der Waals surface area contributed by atoms with Crippen molar-refractivity contribution in [1.29, 1.82) is 0 Å². The first-order valence-electron chi connectivity index (χ1n) is 7.92. The molecule has 0 saturated heterocycles. The largest absolute Gasteiger partial charge is 0.495 e. The van der Waals surface area contributed by atoms with Crippen LogP contribution >= 0.6 is 15.9 Å². The smallest absolute Gasteiger partial charge is 0.338 e. The third-order valence-electron chi connectivity index (χ3n) is 3.77. The topological polar surface area (TPSA) is 65.1 Å². The van der Waals surface area contributed by atoms with Gasteiger partial charge in [-0.3, -0.25) is 4.79 Å². The van der Waals surface area contributed by atoms with Crippen molar-refractivity contribution in [2.24, 2.45) is 0 Å². The summed E-state index contributed by atoms with van der Waals surface area (Å²) in [6.07, 6.45) is 0. The quantitative estimate of drug-likeness (QED) is 0.618. The van der Waals surface area contributed by atoms with Gasteiger partial charge in [0, 0.05) is 13.6 Å². The van der Waals surface area contributed by atoms with E-state index >= 15 is 0 Å². The fourth-order valence-electron chi connectivity index (χ4n) is 2.26. The first-order valence-corrected chi connectivity index (χ1v) is 8.72. The summed E-state index contributed by atoms with van der Waals surface area (Å²) in [7, 11) is 4.50. The monoisotopic (exact) mass is 439 g/mol. The van der Waals surface area contributed by atoms with Gasteiger partial charge in [-0.2, -0.15) is 0 Å². The Labute approximate surface area is 164 Å². The Balaban J connectivity index is 1.98. The third kappa shape index (κ3) is 5.43. The summed E-state index contributed by atoms with van der Waals surface area (Å²) >= 11 is 3.32. The second-order valence-electron chi connectivity index (χ2n) is 5.65. The molecule has 0 aromatic heterocycles. The lowest BCUT2D eigenvalue weighted by Gasteiger charge is -2.17. The van der Waals surface area contributed by atoms with Crippen LogP contribution in [0.15, 0.2) is 40.9 Å². The summed E-state index contributed by atoms with van der Waals surface area (Å²) in [6.45, 7) is -0.145. The maximum absolute atomic E-state index is 12.9. The number of carbonyl (C=O) groups excluding carboxylic acids is 2. The lowest BCUT2D eigenvalue weighted by molar-refractivity contribution is -0.133. The summed E-state index contributed by atoms with van der Waals surface area (Å²) in [4.78, 5) is 25.8. The molecule has 0 aliphatic heterocycles. The third-order valence-corrected chi connectivity index (χ3v) is 4.55. The molecule has 0 radical (unpaired) electrons. The van der Waals surface area contributed by atoms with Crippen molar-refractivity contribution in [2.45, 2.75) is 6.54 Å². The predicted octanol–water partition coefficient (Wildman–Crippen LogP) is 3.42. The number of carbonyl (C=O) groups is 2. The van der Waals surface area contributed by atoms with Gasteiger partial charge in [-0.15, -0.1) is 0 Å². The SMILES string of the molecule is COc1cc(C(=O)OCC(=O)N(C)Cc2ccc(F)cc2)cc(OC)c1Br. The predicted molar refractivity (Wildman–Crippen MR) is 100 cm³/mol. The number of nitrogens with zero attached hydrogens (tertiary/aromatic N) is 1. The molecule has 0 saturated carbocycles. The van der Waals surface area contributed by atoms with Gasteiger partial charge in [-0.25, -0.2) is 9.18 Å². The second-order valence-corrected chi connectivity index (χ2v) is 6.44. The van der Waals surface area contributed by atoms with Gasteiger partial charge in [0.1, 0.15) is 21.8 Å². The molecule has 0 spiro atoms. The molecule has 0 N–H and O–H groups in total. The maximum Gasteiger partial charge on any atom is 0.338 e. The summed E-state index contributed by atoms with van der Waals surface area (Å²) in [6, 6.07) is 8.80. The van der Waals surface area contributed by atoms with Crippen LogP contribution in [0.2, 0.25) is 0 Å². The number of benzene rings is 2. The van der Waals surface area contributed by atoms with E-state index in [1.54, 1.807) is 19.2 Å². The highest BCUT2D eigenvalue weighted by molar-refractivity contribution is 9.10. The Bertz CT molecular complexity index is 800. The molecule has 0 aliphatic carbocycles. The summed E-state index contributed by atoms with van der Waals surface area (Å²) in [5.41, 5.74) is 0.960. The number of ether oxygens (including phenoxy) is 3. The molecule has 0 aliphatic rings. The zero-order valence-electron chi connectivity index (χ0n) is 15.1. The van der Waals surface area contributed by atoms with Gasteiger partial charge in [0.15, 0.2) is 6.61 Å². The van der Waals surface area contributed by atoms with Gasteiger partial charge < -0.3 is 19.1 Å². The van der Waals surface area contributed by atoms with Crippen LogP contribution in [-0.2, 0) is 16.1 Å². The molecule has 2 aromatic rings. The Hall–Kier alpha value is -2.61. The number of hydrogen-bond acceptors (Lipinski definition) is 5. The molecule has 0 atom stereocenters. The van der Waals surface area contributed by atoms with Gasteiger partial charge >= 0.3 is 5.97 Å². The molecule has 8 heteroatoms. The minimum atomic E-state index is -0.678. The van der Waals surface area contributed by atoms with Crippen LogP contribution in [0.25, 0.3) is 0 Å². The lowest BCUT2D eigenvalue weighted by Crippen LogP contribution is -2.30. The number of hydrogen-bond donors (Lipinski definition) is 0. The van der Waals surface area contributed by atoms with E-state index in [4.69, 9.17) is 14.2 Å². The highest BCUT2D eigenvalue weighted by Crippen LogP contribution is 2.35. The Morgan fingerprint density at radius 1 is 1.07 bits per heavy atom. The molecule has 2 aromatic carbocycles. The van der Waals surface area contributed by atoms with E-state index in [-0.39, 0.29) is 23.8 Å². The summed E-state index contributed by atoms with van der Waals surface area (Å²) in [5, 5.41) is 0. The van der Waals surface area contributed by atoms with Gasteiger partial charge in [0.2, 0.25) is 0 Å². The molecule has 0 unspecified atom stereocenters. The fraction of sp³-hybridized carbons (Fsp3) is 0.263. The molecule has 144 valence electrons. The van der Waals surface area contributed by atoms with Crippen LogP contribution in [0.3, 0.4) is 0 Å². The normalized spacial score (nSPS) is 10.3. The van der Waals surface area contributed by atoms with Crippen molar-refractivity contribution in [3.05, 3.63) is 57.8 Å². The first kappa shape index (κ1) is 20.7. The van der Waals surface area contributed by atoms with Crippen LogP contribution < -0.4 is 9.47 Å². The van der Waals surface area contributed by atoms with Crippen molar-refractivity contribution in [3.63, 3.8) is 0 Å². The maximum atomic E-state index is 12.9. The highest BCUT2D eigenvalue weighted by atomic mass is 79.9. The lowest BCUT2D eigenvalue weighted by atomic mass is 10.2. The molecule has 27 heavy (non-hydrogen) atoms. The van der Waals surface area contributed by atoms with Gasteiger partial charge in [0.25, 0.3) is 5.91 Å². The first-order chi connectivity index (χ1) is 12.8. The van der Waals surface area contributed by atoms with Gasteiger partial charge in [-0.1, -0.05) is 12.1 Å². The van der Waals surface area contributed by atoms with Crippen LogP contribution in [-0.4, -0.2) is 44.7 Å². The van der Waals surface area contributed by atoms with Crippen LogP contribution in [0.1, 0.15) is 15.9 Å². The van der Waals surface area contributed by atoms with Crippen molar-refractivity contribution in [1.82, 2.24) is 4.90 Å². The Morgan fingerprint density at radius 3 is 2.15 bits per heavy atom. The van der Waals surface area contributed by atoms with E-state index in [0.29, 0.717) is 16.0 Å². The van der Waals surface area contributed by atoms with Crippen molar-refractivity contribution in [2.75, 3.05) is 27.9 Å². The Morgan fingerprint density at radius 2 is 1.63 bits per heavy atom. The van der Waals surface area contributed by atoms with Crippen LogP contribution in [0, 0.1) is 5.82 Å². The van der Waals surface area contributed by atoms with E-state index in [9.17, 15) is 14.0 Å². The van der Waals surface area contributed by atoms with E-state index in [0.717, 1.165) is 5.56 Å². The molecule has 0 bridgehead atoms. The molecule has 6 nitrogen and oxygen atoms in total. The van der Waals surface area contributed by atoms with Gasteiger partial charge in [-0.05, 0) is 45.8 Å². The zero-order chi connectivity index (χ0) is 20.0. The number of rotatable bonds is 7. The molecular formula is C19H19BrFNO5. The minimum Gasteiger partial charge on any atom is -0.495 e. The molecule has 0 fully saturated rings. The summed E-state index contributed by atoms with van der Waals surface area (Å²) < 4.78 is 28.9. The van der Waals surface area contributed by atoms with Gasteiger partial charge in [0.05, 0.1) is 19.8 Å². The average Bonchev–Trinajstić information content (AvgIpc) is 2.67. The van der Waals surface area contributed by atoms with E-state index < -0.39 is 12.6 Å². The zero-order valence-corrected chi connectivity index (χ0v) is 16.7. The number of esters is 1. The molecule has 1 amide bonds. The minimum absolute atomic E-state index is 0.195.